The zero-order valence-electron chi connectivity index (χ0n) is 45.2. The molecule has 6 aromatic rings. The van der Waals surface area contributed by atoms with Crippen molar-refractivity contribution in [2.24, 2.45) is 0 Å². The van der Waals surface area contributed by atoms with E-state index in [1.54, 1.807) is 0 Å². The van der Waals surface area contributed by atoms with Crippen LogP contribution in [-0.2, 0) is 25.7 Å². The molecule has 0 aliphatic carbocycles. The lowest BCUT2D eigenvalue weighted by Gasteiger charge is -2.34. The van der Waals surface area contributed by atoms with Gasteiger partial charge in [0.25, 0.3) is 0 Å². The molecule has 388 valence electrons. The predicted molar refractivity (Wildman–Crippen MR) is 315 cm³/mol. The van der Waals surface area contributed by atoms with Gasteiger partial charge in [-0.25, -0.2) is 0 Å². The van der Waals surface area contributed by atoms with E-state index in [1.165, 1.54) is 196 Å². The van der Waals surface area contributed by atoms with Crippen LogP contribution in [0.25, 0.3) is 0 Å². The first kappa shape index (κ1) is 54.5. The Morgan fingerprint density at radius 1 is 0.342 bits per heavy atom. The van der Waals surface area contributed by atoms with E-state index < -0.39 is 0 Å². The van der Waals surface area contributed by atoms with E-state index in [0.29, 0.717) is 17.8 Å². The number of aryl methyl sites for hydroxylation is 4. The molecule has 8 rings (SSSR count). The SMILES string of the molecule is CCCCCCCCc1ccc2c(c1)Sc1cc(CCCCCCCC)ccc1N2c1nc(Nc2ccccc2)nc(N2c3ccc(CCCCCCCC)cc3Sc3cc(CCCCCCCC)ccc32)n1. The first-order chi connectivity index (χ1) is 36.0. The van der Waals surface area contributed by atoms with Crippen molar-refractivity contribution >= 4 is 69.8 Å². The van der Waals surface area contributed by atoms with Gasteiger partial charge in [0.2, 0.25) is 17.8 Å². The molecule has 2 aliphatic heterocycles. The third-order valence-corrected chi connectivity index (χ3v) is 17.0. The average molecular weight is 1020 g/mol. The van der Waals surface area contributed by atoms with Gasteiger partial charge in [-0.3, -0.25) is 9.80 Å². The minimum absolute atomic E-state index is 0.521. The zero-order chi connectivity index (χ0) is 50.5. The molecular weight excluding hydrogens is 929 g/mol. The summed E-state index contributed by atoms with van der Waals surface area (Å²) in [6.07, 6.45) is 35.5. The summed E-state index contributed by atoms with van der Waals surface area (Å²) in [5.74, 6) is 1.74. The molecule has 0 spiro atoms. The summed E-state index contributed by atoms with van der Waals surface area (Å²) in [7, 11) is 0. The minimum atomic E-state index is 0.521. The van der Waals surface area contributed by atoms with Crippen molar-refractivity contribution < 1.29 is 0 Å². The molecule has 0 saturated carbocycles. The average Bonchev–Trinajstić information content (AvgIpc) is 3.41. The highest BCUT2D eigenvalue weighted by atomic mass is 32.2. The minimum Gasteiger partial charge on any atom is -0.324 e. The monoisotopic (exact) mass is 1010 g/mol. The van der Waals surface area contributed by atoms with Crippen molar-refractivity contribution in [2.75, 3.05) is 15.1 Å². The summed E-state index contributed by atoms with van der Waals surface area (Å²) in [6, 6.07) is 38.9. The maximum Gasteiger partial charge on any atom is 0.241 e. The van der Waals surface area contributed by atoms with Gasteiger partial charge in [0.1, 0.15) is 0 Å². The highest BCUT2D eigenvalue weighted by molar-refractivity contribution is 8.00. The predicted octanol–water partition coefficient (Wildman–Crippen LogP) is 21.1. The lowest BCUT2D eigenvalue weighted by Crippen LogP contribution is -2.23. The summed E-state index contributed by atoms with van der Waals surface area (Å²) in [5.41, 5.74) is 11.0. The smallest absolute Gasteiger partial charge is 0.241 e. The van der Waals surface area contributed by atoms with E-state index in [1.807, 2.05) is 23.5 Å². The van der Waals surface area contributed by atoms with Gasteiger partial charge in [0.05, 0.1) is 22.7 Å². The Kier molecular flexibility index (Phi) is 21.9. The van der Waals surface area contributed by atoms with E-state index in [9.17, 15) is 0 Å². The van der Waals surface area contributed by atoms with Crippen LogP contribution < -0.4 is 15.1 Å². The largest absolute Gasteiger partial charge is 0.324 e. The van der Waals surface area contributed by atoms with Crippen LogP contribution in [0.1, 0.15) is 204 Å². The quantitative estimate of drug-likeness (QED) is 0.0419. The van der Waals surface area contributed by atoms with Crippen LogP contribution in [0.15, 0.2) is 123 Å². The lowest BCUT2D eigenvalue weighted by atomic mass is 10.0. The fourth-order valence-electron chi connectivity index (χ4n) is 10.5. The molecule has 73 heavy (non-hydrogen) atoms. The molecule has 2 aliphatic rings. The molecular formula is C65H86N6S2. The number of para-hydroxylation sites is 1. The van der Waals surface area contributed by atoms with Crippen molar-refractivity contribution in [2.45, 2.75) is 227 Å². The molecule has 1 N–H and O–H groups in total. The fourth-order valence-corrected chi connectivity index (χ4v) is 12.9. The van der Waals surface area contributed by atoms with Gasteiger partial charge < -0.3 is 5.32 Å². The van der Waals surface area contributed by atoms with Gasteiger partial charge >= 0.3 is 0 Å². The van der Waals surface area contributed by atoms with Crippen molar-refractivity contribution in [3.05, 3.63) is 125 Å². The molecule has 5 aromatic carbocycles. The van der Waals surface area contributed by atoms with E-state index in [0.717, 1.165) is 54.1 Å². The van der Waals surface area contributed by atoms with E-state index >= 15 is 0 Å². The fraction of sp³-hybridized carbons (Fsp3) is 0.492. The molecule has 6 nitrogen and oxygen atoms in total. The van der Waals surface area contributed by atoms with Crippen LogP contribution in [-0.4, -0.2) is 15.0 Å². The number of benzene rings is 5. The topological polar surface area (TPSA) is 57.2 Å². The van der Waals surface area contributed by atoms with Gasteiger partial charge in [-0.15, -0.1) is 0 Å². The summed E-state index contributed by atoms with van der Waals surface area (Å²) in [4.78, 5) is 26.0. The van der Waals surface area contributed by atoms with Gasteiger partial charge in [0, 0.05) is 25.3 Å². The number of nitrogens with zero attached hydrogens (tertiary/aromatic N) is 5. The van der Waals surface area contributed by atoms with Crippen LogP contribution in [0, 0.1) is 0 Å². The molecule has 0 radical (unpaired) electrons. The van der Waals surface area contributed by atoms with Gasteiger partial charge in [-0.1, -0.05) is 222 Å². The van der Waals surface area contributed by atoms with E-state index in [2.05, 4.69) is 146 Å². The lowest BCUT2D eigenvalue weighted by molar-refractivity contribution is 0.607. The number of fused-ring (bicyclic) bond motifs is 4. The second kappa shape index (κ2) is 29.3. The van der Waals surface area contributed by atoms with Crippen LogP contribution in [0.2, 0.25) is 0 Å². The number of hydrogen-bond donors (Lipinski definition) is 1. The Morgan fingerprint density at radius 3 is 0.959 bits per heavy atom. The third-order valence-electron chi connectivity index (χ3n) is 14.8. The van der Waals surface area contributed by atoms with Gasteiger partial charge in [-0.05, 0) is 134 Å². The molecule has 1 aromatic heterocycles. The normalized spacial score (nSPS) is 12.7. The highest BCUT2D eigenvalue weighted by Crippen LogP contribution is 2.54. The molecule has 8 heteroatoms. The van der Waals surface area contributed by atoms with Crippen LogP contribution in [0.4, 0.5) is 46.3 Å². The third kappa shape index (κ3) is 15.6. The molecule has 0 fully saturated rings. The van der Waals surface area contributed by atoms with Gasteiger partial charge in [-0.2, -0.15) is 15.0 Å². The summed E-state index contributed by atoms with van der Waals surface area (Å²) in [5, 5.41) is 3.63. The number of nitrogens with one attached hydrogen (secondary N) is 1. The van der Waals surface area contributed by atoms with E-state index in [4.69, 9.17) is 15.0 Å². The number of aromatic nitrogens is 3. The zero-order valence-corrected chi connectivity index (χ0v) is 46.8. The van der Waals surface area contributed by atoms with Crippen LogP contribution in [0.5, 0.6) is 0 Å². The standard InChI is InChI=1S/C65H86N6S2/c1-5-9-13-17-21-26-32-50-38-42-55-59(46-50)72-60-47-51(33-27-22-18-14-10-6-2)39-43-56(60)70(55)64-67-63(66-54-36-30-25-31-37-54)68-65(69-64)71-57-44-40-52(34-28-23-19-15-11-7-3)48-61(57)73-62-49-53(41-45-58(62)71)35-29-24-20-16-12-8-4/h25,30-31,36-49H,5-24,26-29,32-35H2,1-4H3,(H,66,67,68,69). The number of unbranched alkanes of at least 4 members (excludes halogenated alkanes) is 20. The Morgan fingerprint density at radius 2 is 0.644 bits per heavy atom. The van der Waals surface area contributed by atoms with Crippen molar-refractivity contribution in [1.29, 1.82) is 0 Å². The molecule has 0 amide bonds. The molecule has 0 saturated heterocycles. The Hall–Kier alpha value is -4.79. The van der Waals surface area contributed by atoms with Crippen molar-refractivity contribution in [1.82, 2.24) is 15.0 Å². The van der Waals surface area contributed by atoms with Crippen molar-refractivity contribution in [3.8, 4) is 0 Å². The van der Waals surface area contributed by atoms with E-state index in [-0.39, 0.29) is 0 Å². The summed E-state index contributed by atoms with van der Waals surface area (Å²) in [6.45, 7) is 9.19. The first-order valence-corrected chi connectivity index (χ1v) is 30.7. The van der Waals surface area contributed by atoms with Crippen LogP contribution >= 0.6 is 23.5 Å². The molecule has 3 heterocycles. The highest BCUT2D eigenvalue weighted by Gasteiger charge is 2.32. The first-order valence-electron chi connectivity index (χ1n) is 29.1. The maximum absolute atomic E-state index is 5.62. The number of hydrogen-bond acceptors (Lipinski definition) is 8. The molecule has 0 atom stereocenters. The second-order valence-corrected chi connectivity index (χ2v) is 23.1. The second-order valence-electron chi connectivity index (χ2n) is 20.9. The molecule has 0 bridgehead atoms. The summed E-state index contributed by atoms with van der Waals surface area (Å²) >= 11 is 3.82. The Balaban J connectivity index is 1.19. The number of anilines is 8. The maximum atomic E-state index is 5.62. The van der Waals surface area contributed by atoms with Gasteiger partial charge in [0.15, 0.2) is 0 Å². The number of rotatable bonds is 32. The van der Waals surface area contributed by atoms with Crippen LogP contribution in [0.3, 0.4) is 0 Å². The Bertz CT molecular complexity index is 2330. The Labute approximate surface area is 449 Å². The van der Waals surface area contributed by atoms with Crippen molar-refractivity contribution in [3.63, 3.8) is 0 Å². The summed E-state index contributed by atoms with van der Waals surface area (Å²) < 4.78 is 0. The molecule has 0 unspecified atom stereocenters.